The Morgan fingerprint density at radius 2 is 2.33 bits per heavy atom. The largest absolute Gasteiger partial charge is 0.362 e. The van der Waals surface area contributed by atoms with E-state index < -0.39 is 0 Å². The summed E-state index contributed by atoms with van der Waals surface area (Å²) in [6.45, 7) is 1.80. The van der Waals surface area contributed by atoms with E-state index in [9.17, 15) is 10.1 Å². The molecule has 1 aromatic rings. The second-order valence-corrected chi connectivity index (χ2v) is 3.91. The Kier molecular flexibility index (Phi) is 2.53. The summed E-state index contributed by atoms with van der Waals surface area (Å²) in [6.07, 6.45) is 4.99. The third-order valence-electron chi connectivity index (χ3n) is 2.65. The quantitative estimate of drug-likeness (QED) is 0.609. The van der Waals surface area contributed by atoms with E-state index in [0.29, 0.717) is 11.9 Å². The van der Waals surface area contributed by atoms with Crippen molar-refractivity contribution in [2.45, 2.75) is 32.2 Å². The van der Waals surface area contributed by atoms with Crippen LogP contribution in [-0.4, -0.2) is 15.9 Å². The molecule has 15 heavy (non-hydrogen) atoms. The molecule has 5 nitrogen and oxygen atoms in total. The van der Waals surface area contributed by atoms with Crippen molar-refractivity contribution < 1.29 is 4.92 Å². The van der Waals surface area contributed by atoms with E-state index in [1.54, 1.807) is 19.2 Å². The van der Waals surface area contributed by atoms with Crippen LogP contribution in [0.25, 0.3) is 0 Å². The highest BCUT2D eigenvalue weighted by Gasteiger charge is 2.22. The summed E-state index contributed by atoms with van der Waals surface area (Å²) in [6, 6.07) is 1.91. The molecule has 2 rings (SSSR count). The van der Waals surface area contributed by atoms with Crippen LogP contribution in [0.15, 0.2) is 12.3 Å². The van der Waals surface area contributed by atoms with Crippen LogP contribution < -0.4 is 5.32 Å². The minimum Gasteiger partial charge on any atom is -0.362 e. The van der Waals surface area contributed by atoms with Crippen LogP contribution >= 0.6 is 0 Å². The van der Waals surface area contributed by atoms with E-state index >= 15 is 0 Å². The summed E-state index contributed by atoms with van der Waals surface area (Å²) < 4.78 is 0. The Balaban J connectivity index is 2.23. The number of nitrogens with zero attached hydrogens (tertiary/aromatic N) is 2. The Labute approximate surface area is 87.7 Å². The van der Waals surface area contributed by atoms with Gasteiger partial charge in [-0.3, -0.25) is 10.1 Å². The van der Waals surface area contributed by atoms with Gasteiger partial charge >= 0.3 is 5.69 Å². The lowest BCUT2D eigenvalue weighted by Gasteiger charge is -2.26. The number of nitro groups is 1. The van der Waals surface area contributed by atoms with Crippen molar-refractivity contribution in [1.29, 1.82) is 0 Å². The molecule has 5 heteroatoms. The van der Waals surface area contributed by atoms with Crippen molar-refractivity contribution >= 4 is 11.5 Å². The van der Waals surface area contributed by atoms with Crippen LogP contribution in [-0.2, 0) is 0 Å². The number of aromatic nitrogens is 1. The van der Waals surface area contributed by atoms with Gasteiger partial charge in [0.15, 0.2) is 0 Å². The summed E-state index contributed by atoms with van der Waals surface area (Å²) in [5, 5.41) is 13.9. The molecule has 1 aliphatic rings. The fourth-order valence-corrected chi connectivity index (χ4v) is 1.55. The zero-order valence-electron chi connectivity index (χ0n) is 8.56. The van der Waals surface area contributed by atoms with E-state index in [2.05, 4.69) is 10.3 Å². The molecule has 0 atom stereocenters. The number of rotatable bonds is 3. The Morgan fingerprint density at radius 1 is 1.60 bits per heavy atom. The predicted molar refractivity (Wildman–Crippen MR) is 56.9 cm³/mol. The summed E-state index contributed by atoms with van der Waals surface area (Å²) in [7, 11) is 0. The van der Waals surface area contributed by atoms with Crippen LogP contribution in [0.1, 0.15) is 24.8 Å². The van der Waals surface area contributed by atoms with Gasteiger partial charge in [0.25, 0.3) is 0 Å². The average Bonchev–Trinajstić information content (AvgIpc) is 2.12. The molecule has 1 aromatic heterocycles. The molecule has 0 saturated heterocycles. The number of aryl methyl sites for hydroxylation is 1. The number of anilines is 1. The van der Waals surface area contributed by atoms with Crippen LogP contribution in [0, 0.1) is 17.0 Å². The van der Waals surface area contributed by atoms with E-state index in [4.69, 9.17) is 0 Å². The first kappa shape index (κ1) is 9.89. The molecular formula is C10H13N3O2. The van der Waals surface area contributed by atoms with Crippen LogP contribution in [0.4, 0.5) is 11.5 Å². The van der Waals surface area contributed by atoms with Gasteiger partial charge in [0, 0.05) is 18.3 Å². The van der Waals surface area contributed by atoms with Crippen molar-refractivity contribution in [3.05, 3.63) is 27.9 Å². The van der Waals surface area contributed by atoms with Gasteiger partial charge in [-0.2, -0.15) is 0 Å². The van der Waals surface area contributed by atoms with Gasteiger partial charge in [-0.25, -0.2) is 4.98 Å². The lowest BCUT2D eigenvalue weighted by Crippen LogP contribution is -2.27. The lowest BCUT2D eigenvalue weighted by atomic mass is 9.93. The second kappa shape index (κ2) is 3.84. The van der Waals surface area contributed by atoms with Gasteiger partial charge in [0.05, 0.1) is 4.92 Å². The molecule has 80 valence electrons. The minimum atomic E-state index is -0.388. The summed E-state index contributed by atoms with van der Waals surface area (Å²) in [4.78, 5) is 14.5. The standard InChI is InChI=1S/C10H13N3O2/c1-7-5-9(13(14)15)10(11-6-7)12-8-3-2-4-8/h5-6,8H,2-4H2,1H3,(H,11,12). The summed E-state index contributed by atoms with van der Waals surface area (Å²) in [5.41, 5.74) is 0.878. The van der Waals surface area contributed by atoms with Crippen molar-refractivity contribution in [3.8, 4) is 0 Å². The molecule has 1 fully saturated rings. The summed E-state index contributed by atoms with van der Waals surface area (Å²) >= 11 is 0. The first-order chi connectivity index (χ1) is 7.16. The first-order valence-electron chi connectivity index (χ1n) is 5.04. The predicted octanol–water partition coefficient (Wildman–Crippen LogP) is 2.26. The molecule has 0 aliphatic heterocycles. The highest BCUT2D eigenvalue weighted by Crippen LogP contribution is 2.28. The average molecular weight is 207 g/mol. The van der Waals surface area contributed by atoms with E-state index in [0.717, 1.165) is 18.4 Å². The number of nitrogens with one attached hydrogen (secondary N) is 1. The third-order valence-corrected chi connectivity index (χ3v) is 2.65. The molecule has 1 N–H and O–H groups in total. The van der Waals surface area contributed by atoms with E-state index in [1.165, 1.54) is 6.42 Å². The smallest absolute Gasteiger partial charge is 0.311 e. The molecule has 0 unspecified atom stereocenters. The van der Waals surface area contributed by atoms with Gasteiger partial charge < -0.3 is 5.32 Å². The van der Waals surface area contributed by atoms with Gasteiger partial charge in [-0.1, -0.05) is 0 Å². The van der Waals surface area contributed by atoms with Crippen molar-refractivity contribution in [3.63, 3.8) is 0 Å². The maximum absolute atomic E-state index is 10.8. The zero-order valence-corrected chi connectivity index (χ0v) is 8.56. The number of hydrogen-bond donors (Lipinski definition) is 1. The van der Waals surface area contributed by atoms with Gasteiger partial charge in [0.2, 0.25) is 5.82 Å². The maximum Gasteiger partial charge on any atom is 0.311 e. The van der Waals surface area contributed by atoms with Crippen molar-refractivity contribution in [1.82, 2.24) is 4.98 Å². The molecule has 1 heterocycles. The normalized spacial score (nSPS) is 15.8. The first-order valence-corrected chi connectivity index (χ1v) is 5.04. The summed E-state index contributed by atoms with van der Waals surface area (Å²) in [5.74, 6) is 0.398. The van der Waals surface area contributed by atoms with Gasteiger partial charge in [-0.05, 0) is 31.7 Å². The molecule has 0 spiro atoms. The van der Waals surface area contributed by atoms with E-state index in [-0.39, 0.29) is 10.6 Å². The fraction of sp³-hybridized carbons (Fsp3) is 0.500. The molecule has 0 aromatic carbocycles. The van der Waals surface area contributed by atoms with Crippen LogP contribution in [0.3, 0.4) is 0 Å². The highest BCUT2D eigenvalue weighted by molar-refractivity contribution is 5.57. The molecule has 0 radical (unpaired) electrons. The monoisotopic (exact) mass is 207 g/mol. The Hall–Kier alpha value is -1.65. The van der Waals surface area contributed by atoms with E-state index in [1.807, 2.05) is 0 Å². The van der Waals surface area contributed by atoms with Crippen LogP contribution in [0.2, 0.25) is 0 Å². The van der Waals surface area contributed by atoms with Crippen molar-refractivity contribution in [2.24, 2.45) is 0 Å². The maximum atomic E-state index is 10.8. The Bertz CT molecular complexity index is 388. The van der Waals surface area contributed by atoms with Crippen molar-refractivity contribution in [2.75, 3.05) is 5.32 Å². The zero-order chi connectivity index (χ0) is 10.8. The molecule has 0 bridgehead atoms. The lowest BCUT2D eigenvalue weighted by molar-refractivity contribution is -0.384. The molecule has 1 saturated carbocycles. The van der Waals surface area contributed by atoms with Crippen LogP contribution in [0.5, 0.6) is 0 Å². The Morgan fingerprint density at radius 3 is 2.87 bits per heavy atom. The molecular weight excluding hydrogens is 194 g/mol. The van der Waals surface area contributed by atoms with Gasteiger partial charge in [0.1, 0.15) is 0 Å². The molecule has 1 aliphatic carbocycles. The fourth-order valence-electron chi connectivity index (χ4n) is 1.55. The second-order valence-electron chi connectivity index (χ2n) is 3.91. The highest BCUT2D eigenvalue weighted by atomic mass is 16.6. The third kappa shape index (κ3) is 2.06. The number of hydrogen-bond acceptors (Lipinski definition) is 4. The van der Waals surface area contributed by atoms with Gasteiger partial charge in [-0.15, -0.1) is 0 Å². The topological polar surface area (TPSA) is 68.1 Å². The SMILES string of the molecule is Cc1cnc(NC2CCC2)c([N+](=O)[O-])c1. The minimum absolute atomic E-state index is 0.0712. The molecule has 0 amide bonds. The number of pyridine rings is 1.